The van der Waals surface area contributed by atoms with Gasteiger partial charge in [0.2, 0.25) is 11.8 Å². The number of carbonyl (C=O) groups is 4. The minimum absolute atomic E-state index is 0.00412. The number of halogens is 3. The molecule has 16 heteroatoms. The number of hydrogen-bond acceptors (Lipinski definition) is 9. The number of piperidine rings is 1. The van der Waals surface area contributed by atoms with Gasteiger partial charge in [0.05, 0.1) is 40.3 Å². The zero-order valence-corrected chi connectivity index (χ0v) is 26.4. The van der Waals surface area contributed by atoms with Crippen molar-refractivity contribution in [2.75, 3.05) is 23.3 Å². The Morgan fingerprint density at radius 2 is 1.94 bits per heavy atom. The number of carbonyl (C=O) groups excluding carboxylic acids is 4. The van der Waals surface area contributed by atoms with Crippen LogP contribution in [0.15, 0.2) is 71.8 Å². The highest BCUT2D eigenvalue weighted by atomic mass is 19.4. The molecule has 0 spiro atoms. The predicted molar refractivity (Wildman–Crippen MR) is 173 cm³/mol. The average Bonchev–Trinajstić information content (AvgIpc) is 3.58. The monoisotopic (exact) mass is 675 g/mol. The Balaban J connectivity index is 1.15. The number of rotatable bonds is 8. The molecular formula is C33H32F3N9O4. The smallest absolute Gasteiger partial charge is 0.404 e. The molecule has 5 N–H and O–H groups in total. The molecule has 13 nitrogen and oxygen atoms in total. The van der Waals surface area contributed by atoms with E-state index in [0.29, 0.717) is 18.7 Å². The van der Waals surface area contributed by atoms with Crippen molar-refractivity contribution in [1.82, 2.24) is 25.4 Å². The highest BCUT2D eigenvalue weighted by Gasteiger charge is 2.33. The predicted octanol–water partition coefficient (Wildman–Crippen LogP) is 2.59. The number of anilines is 2. The second kappa shape index (κ2) is 14.0. The number of benzene rings is 1. The van der Waals surface area contributed by atoms with E-state index in [9.17, 15) is 32.3 Å². The van der Waals surface area contributed by atoms with Crippen LogP contribution in [0.5, 0.6) is 0 Å². The van der Waals surface area contributed by atoms with Gasteiger partial charge in [-0.2, -0.15) is 18.3 Å². The number of nitrogens with zero attached hydrogens (tertiary/aromatic N) is 5. The van der Waals surface area contributed by atoms with Crippen molar-refractivity contribution in [3.63, 3.8) is 0 Å². The molecule has 2 fully saturated rings. The molecule has 1 unspecified atom stereocenters. The van der Waals surface area contributed by atoms with Crippen molar-refractivity contribution < 1.29 is 32.3 Å². The Kier molecular flexibility index (Phi) is 9.83. The molecule has 0 aliphatic carbocycles. The number of pyridine rings is 1. The van der Waals surface area contributed by atoms with Crippen molar-refractivity contribution in [3.8, 4) is 17.5 Å². The molecule has 5 rings (SSSR count). The van der Waals surface area contributed by atoms with Gasteiger partial charge in [-0.1, -0.05) is 11.8 Å². The van der Waals surface area contributed by atoms with E-state index in [4.69, 9.17) is 5.73 Å². The van der Waals surface area contributed by atoms with Crippen LogP contribution >= 0.6 is 0 Å². The van der Waals surface area contributed by atoms with Crippen molar-refractivity contribution in [2.24, 2.45) is 16.6 Å². The number of allylic oxidation sites excluding steroid dienone is 1. The quantitative estimate of drug-likeness (QED) is 0.160. The molecule has 49 heavy (non-hydrogen) atoms. The Hall–Kier alpha value is -5.98. The van der Waals surface area contributed by atoms with Crippen molar-refractivity contribution in [1.29, 1.82) is 0 Å². The molecule has 1 atom stereocenters. The Morgan fingerprint density at radius 3 is 2.57 bits per heavy atom. The van der Waals surface area contributed by atoms with Gasteiger partial charge in [-0.3, -0.25) is 29.5 Å². The number of hydrogen-bond donors (Lipinski definition) is 4. The summed E-state index contributed by atoms with van der Waals surface area (Å²) in [6.07, 6.45) is 2.85. The number of aromatic nitrogens is 3. The first-order valence-corrected chi connectivity index (χ1v) is 15.1. The zero-order valence-electron chi connectivity index (χ0n) is 26.4. The summed E-state index contributed by atoms with van der Waals surface area (Å²) in [7, 11) is 0. The first-order chi connectivity index (χ1) is 23.2. The molecule has 2 aliphatic heterocycles. The van der Waals surface area contributed by atoms with Gasteiger partial charge in [-0.05, 0) is 56.7 Å². The fraction of sp³-hybridized carbons (Fsp3) is 0.303. The van der Waals surface area contributed by atoms with Crippen LogP contribution in [0, 0.1) is 17.8 Å². The van der Waals surface area contributed by atoms with E-state index < -0.39 is 41.0 Å². The van der Waals surface area contributed by atoms with Gasteiger partial charge < -0.3 is 21.3 Å². The summed E-state index contributed by atoms with van der Waals surface area (Å²) < 4.78 is 41.3. The number of nitrogens with two attached hydrogens (primary N) is 1. The molecular weight excluding hydrogens is 643 g/mol. The summed E-state index contributed by atoms with van der Waals surface area (Å²) in [6, 6.07) is 6.99. The van der Waals surface area contributed by atoms with Crippen LogP contribution in [-0.2, 0) is 20.6 Å². The maximum atomic E-state index is 13.4. The lowest BCUT2D eigenvalue weighted by molar-refractivity contribution is -0.138. The van der Waals surface area contributed by atoms with Gasteiger partial charge in [-0.25, -0.2) is 9.67 Å². The number of imide groups is 1. The standard InChI is InChI=1S/C33H32F3N9O4/c1-32(2,31(49)42-24-8-6-22(33(34,35)36)14-27(24)45-13-3-12-40-45)39-16-20(15-37)4-5-21-18-44(19-21)23-7-9-25(38-17-23)29(47)41-26-10-11-28(46)43-30(26)48/h3,6-9,12-17,21,26H,10-11,18-19,37H2,1-2H3,(H,41,47)(H,42,49)(H,43,46,48). The Bertz CT molecular complexity index is 1870. The fourth-order valence-electron chi connectivity index (χ4n) is 4.83. The van der Waals surface area contributed by atoms with E-state index >= 15 is 0 Å². The molecule has 254 valence electrons. The third-order valence-corrected chi connectivity index (χ3v) is 7.78. The normalized spacial score (nSPS) is 17.2. The van der Waals surface area contributed by atoms with Gasteiger partial charge in [0.15, 0.2) is 0 Å². The largest absolute Gasteiger partial charge is 0.416 e. The van der Waals surface area contributed by atoms with E-state index in [1.54, 1.807) is 38.2 Å². The van der Waals surface area contributed by atoms with E-state index in [-0.39, 0.29) is 41.7 Å². The summed E-state index contributed by atoms with van der Waals surface area (Å²) in [5, 5.41) is 11.4. The van der Waals surface area contributed by atoms with Gasteiger partial charge in [0, 0.05) is 44.3 Å². The van der Waals surface area contributed by atoms with Crippen molar-refractivity contribution >= 4 is 41.2 Å². The van der Waals surface area contributed by atoms with Gasteiger partial charge in [0.25, 0.3) is 11.8 Å². The third-order valence-electron chi connectivity index (χ3n) is 7.78. The molecule has 4 amide bonds. The number of amides is 4. The van der Waals surface area contributed by atoms with Gasteiger partial charge in [-0.15, -0.1) is 0 Å². The van der Waals surface area contributed by atoms with Gasteiger partial charge in [0.1, 0.15) is 17.3 Å². The average molecular weight is 676 g/mol. The van der Waals surface area contributed by atoms with Crippen LogP contribution in [0.1, 0.15) is 42.7 Å². The topological polar surface area (TPSA) is 177 Å². The van der Waals surface area contributed by atoms with E-state index in [1.807, 2.05) is 4.90 Å². The minimum Gasteiger partial charge on any atom is -0.404 e. The molecule has 2 aromatic heterocycles. The molecule has 0 radical (unpaired) electrons. The number of alkyl halides is 3. The number of aliphatic imine (C=N–C) groups is 1. The van der Waals surface area contributed by atoms with Crippen LogP contribution in [0.3, 0.4) is 0 Å². The fourth-order valence-corrected chi connectivity index (χ4v) is 4.83. The summed E-state index contributed by atoms with van der Waals surface area (Å²) >= 11 is 0. The van der Waals surface area contributed by atoms with Crippen molar-refractivity contribution in [2.45, 2.75) is 44.4 Å². The third kappa shape index (κ3) is 8.30. The summed E-state index contributed by atoms with van der Waals surface area (Å²) in [6.45, 7) is 4.26. The van der Waals surface area contributed by atoms with Crippen LogP contribution < -0.4 is 26.6 Å². The molecule has 1 aromatic carbocycles. The Labute approximate surface area is 278 Å². The summed E-state index contributed by atoms with van der Waals surface area (Å²) in [4.78, 5) is 59.5. The summed E-state index contributed by atoms with van der Waals surface area (Å²) in [5.74, 6) is 4.06. The SMILES string of the molecule is CC(C)(N=CC(C#CC1CN(c2ccc(C(=O)NC3CCC(=O)NC3=O)nc2)C1)=CN)C(=O)Nc1ccc(C(F)(F)F)cc1-n1cccn1. The number of nitrogens with one attached hydrogen (secondary N) is 3. The van der Waals surface area contributed by atoms with E-state index in [1.165, 1.54) is 35.6 Å². The Morgan fingerprint density at radius 1 is 1.16 bits per heavy atom. The second-order valence-corrected chi connectivity index (χ2v) is 11.8. The molecule has 0 bridgehead atoms. The first kappa shape index (κ1) is 34.4. The lowest BCUT2D eigenvalue weighted by Crippen LogP contribution is -2.52. The lowest BCUT2D eigenvalue weighted by atomic mass is 9.99. The van der Waals surface area contributed by atoms with E-state index in [0.717, 1.165) is 17.8 Å². The molecule has 2 aliphatic rings. The highest BCUT2D eigenvalue weighted by molar-refractivity contribution is 6.03. The molecule has 0 saturated carbocycles. The van der Waals surface area contributed by atoms with Crippen LogP contribution in [-0.4, -0.2) is 69.3 Å². The van der Waals surface area contributed by atoms with E-state index in [2.05, 4.69) is 42.9 Å². The van der Waals surface area contributed by atoms with Crippen LogP contribution in [0.25, 0.3) is 5.69 Å². The zero-order chi connectivity index (χ0) is 35.3. The van der Waals surface area contributed by atoms with Gasteiger partial charge >= 0.3 is 6.18 Å². The van der Waals surface area contributed by atoms with Crippen molar-refractivity contribution in [3.05, 3.63) is 78.0 Å². The maximum absolute atomic E-state index is 13.4. The summed E-state index contributed by atoms with van der Waals surface area (Å²) in [5.41, 5.74) is 4.96. The maximum Gasteiger partial charge on any atom is 0.416 e. The van der Waals surface area contributed by atoms with Crippen LogP contribution in [0.4, 0.5) is 24.5 Å². The molecule has 4 heterocycles. The highest BCUT2D eigenvalue weighted by Crippen LogP contribution is 2.33. The minimum atomic E-state index is -4.58. The first-order valence-electron chi connectivity index (χ1n) is 15.1. The molecule has 2 saturated heterocycles. The lowest BCUT2D eigenvalue weighted by Gasteiger charge is -2.38. The molecule has 3 aromatic rings. The van der Waals surface area contributed by atoms with Crippen LogP contribution in [0.2, 0.25) is 0 Å². The second-order valence-electron chi connectivity index (χ2n) is 11.8.